The summed E-state index contributed by atoms with van der Waals surface area (Å²) in [7, 11) is 0. The van der Waals surface area contributed by atoms with Gasteiger partial charge in [-0.3, -0.25) is 0 Å². The highest BCUT2D eigenvalue weighted by Gasteiger charge is 2.17. The molecule has 0 aliphatic heterocycles. The molecule has 0 saturated heterocycles. The molecule has 0 aliphatic carbocycles. The van der Waals surface area contributed by atoms with Gasteiger partial charge in [-0.1, -0.05) is 13.0 Å². The molecule has 2 nitrogen and oxygen atoms in total. The average Bonchev–Trinajstić information content (AvgIpc) is 2.17. The van der Waals surface area contributed by atoms with E-state index in [0.717, 1.165) is 21.1 Å². The summed E-state index contributed by atoms with van der Waals surface area (Å²) < 4.78 is 1.98. The SMILES string of the molecule is CCC(C)(O)CNc1c(Br)cccc1Br. The van der Waals surface area contributed by atoms with E-state index in [1.165, 1.54) is 0 Å². The van der Waals surface area contributed by atoms with Crippen LogP contribution in [0.3, 0.4) is 0 Å². The van der Waals surface area contributed by atoms with Gasteiger partial charge in [0.2, 0.25) is 0 Å². The number of hydrogen-bond donors (Lipinski definition) is 2. The number of halogens is 2. The maximum atomic E-state index is 9.87. The van der Waals surface area contributed by atoms with E-state index in [1.54, 1.807) is 0 Å². The van der Waals surface area contributed by atoms with Gasteiger partial charge in [-0.15, -0.1) is 0 Å². The second-order valence-corrected chi connectivity index (χ2v) is 5.51. The largest absolute Gasteiger partial charge is 0.388 e. The second kappa shape index (κ2) is 5.32. The summed E-state index contributed by atoms with van der Waals surface area (Å²) in [6.45, 7) is 4.33. The third kappa shape index (κ3) is 3.78. The van der Waals surface area contributed by atoms with Crippen molar-refractivity contribution in [3.63, 3.8) is 0 Å². The molecule has 0 aromatic heterocycles. The zero-order chi connectivity index (χ0) is 11.5. The molecule has 4 heteroatoms. The van der Waals surface area contributed by atoms with Crippen LogP contribution in [0.2, 0.25) is 0 Å². The first kappa shape index (κ1) is 13.0. The van der Waals surface area contributed by atoms with Gasteiger partial charge >= 0.3 is 0 Å². The highest BCUT2D eigenvalue weighted by atomic mass is 79.9. The van der Waals surface area contributed by atoms with Gasteiger partial charge in [0.05, 0.1) is 11.3 Å². The van der Waals surface area contributed by atoms with Crippen molar-refractivity contribution < 1.29 is 5.11 Å². The predicted molar refractivity (Wildman–Crippen MR) is 71.2 cm³/mol. The Bertz CT molecular complexity index is 319. The molecule has 1 aromatic rings. The molecule has 84 valence electrons. The lowest BCUT2D eigenvalue weighted by Crippen LogP contribution is -2.32. The fourth-order valence-corrected chi connectivity index (χ4v) is 2.35. The molecule has 1 rings (SSSR count). The lowest BCUT2D eigenvalue weighted by atomic mass is 10.0. The fraction of sp³-hybridized carbons (Fsp3) is 0.455. The van der Waals surface area contributed by atoms with Gasteiger partial charge in [0.1, 0.15) is 0 Å². The Morgan fingerprint density at radius 1 is 1.33 bits per heavy atom. The number of para-hydroxylation sites is 1. The van der Waals surface area contributed by atoms with Crippen molar-refractivity contribution in [2.45, 2.75) is 25.9 Å². The third-order valence-electron chi connectivity index (χ3n) is 2.37. The zero-order valence-corrected chi connectivity index (χ0v) is 12.0. The normalized spacial score (nSPS) is 14.7. The summed E-state index contributed by atoms with van der Waals surface area (Å²) in [5.41, 5.74) is 0.306. The Hall–Kier alpha value is -0.0600. The van der Waals surface area contributed by atoms with Gasteiger partial charge < -0.3 is 10.4 Å². The Morgan fingerprint density at radius 3 is 2.33 bits per heavy atom. The Labute approximate surface area is 107 Å². The summed E-state index contributed by atoms with van der Waals surface area (Å²) in [6.07, 6.45) is 0.724. The van der Waals surface area contributed by atoms with E-state index in [9.17, 15) is 5.11 Å². The standard InChI is InChI=1S/C11H15Br2NO/c1-3-11(2,15)7-14-10-8(12)5-4-6-9(10)13/h4-6,14-15H,3,7H2,1-2H3. The quantitative estimate of drug-likeness (QED) is 0.876. The molecule has 0 heterocycles. The van der Waals surface area contributed by atoms with Crippen LogP contribution >= 0.6 is 31.9 Å². The van der Waals surface area contributed by atoms with E-state index in [4.69, 9.17) is 0 Å². The van der Waals surface area contributed by atoms with Gasteiger partial charge in [-0.2, -0.15) is 0 Å². The lowest BCUT2D eigenvalue weighted by Gasteiger charge is -2.23. The van der Waals surface area contributed by atoms with Crippen molar-refractivity contribution in [1.29, 1.82) is 0 Å². The Balaban J connectivity index is 2.73. The van der Waals surface area contributed by atoms with E-state index >= 15 is 0 Å². The first-order valence-corrected chi connectivity index (χ1v) is 6.45. The number of nitrogens with one attached hydrogen (secondary N) is 1. The highest BCUT2D eigenvalue weighted by molar-refractivity contribution is 9.11. The summed E-state index contributed by atoms with van der Waals surface area (Å²) in [5.74, 6) is 0. The van der Waals surface area contributed by atoms with Gasteiger partial charge in [0, 0.05) is 15.5 Å². The topological polar surface area (TPSA) is 32.3 Å². The molecular formula is C11H15Br2NO. The highest BCUT2D eigenvalue weighted by Crippen LogP contribution is 2.30. The van der Waals surface area contributed by atoms with E-state index in [1.807, 2.05) is 32.0 Å². The molecule has 0 saturated carbocycles. The lowest BCUT2D eigenvalue weighted by molar-refractivity contribution is 0.0697. The van der Waals surface area contributed by atoms with Gasteiger partial charge in [0.15, 0.2) is 0 Å². The summed E-state index contributed by atoms with van der Waals surface area (Å²) in [5, 5.41) is 13.1. The van der Waals surface area contributed by atoms with Crippen molar-refractivity contribution in [2.24, 2.45) is 0 Å². The van der Waals surface area contributed by atoms with Crippen molar-refractivity contribution >= 4 is 37.5 Å². The van der Waals surface area contributed by atoms with Crippen LogP contribution in [0.15, 0.2) is 27.1 Å². The zero-order valence-electron chi connectivity index (χ0n) is 8.85. The van der Waals surface area contributed by atoms with Crippen LogP contribution < -0.4 is 5.32 Å². The number of rotatable bonds is 4. The second-order valence-electron chi connectivity index (χ2n) is 3.80. The van der Waals surface area contributed by atoms with Gasteiger partial charge in [0.25, 0.3) is 0 Å². The smallest absolute Gasteiger partial charge is 0.0788 e. The van der Waals surface area contributed by atoms with Crippen LogP contribution in [0.4, 0.5) is 5.69 Å². The molecule has 0 aliphatic rings. The Morgan fingerprint density at radius 2 is 1.87 bits per heavy atom. The van der Waals surface area contributed by atoms with E-state index in [-0.39, 0.29) is 0 Å². The Kier molecular flexibility index (Phi) is 4.62. The molecule has 0 amide bonds. The molecule has 2 N–H and O–H groups in total. The van der Waals surface area contributed by atoms with Crippen LogP contribution in [0.1, 0.15) is 20.3 Å². The summed E-state index contributed by atoms with van der Waals surface area (Å²) >= 11 is 6.93. The summed E-state index contributed by atoms with van der Waals surface area (Å²) in [4.78, 5) is 0. The molecule has 0 fully saturated rings. The minimum absolute atomic E-state index is 0.532. The predicted octanol–water partition coefficient (Wildman–Crippen LogP) is 3.78. The van der Waals surface area contributed by atoms with Crippen LogP contribution in [-0.4, -0.2) is 17.3 Å². The van der Waals surface area contributed by atoms with Crippen molar-refractivity contribution in [3.8, 4) is 0 Å². The number of aliphatic hydroxyl groups is 1. The molecule has 1 atom stereocenters. The first-order valence-electron chi connectivity index (χ1n) is 4.86. The van der Waals surface area contributed by atoms with Gasteiger partial charge in [-0.25, -0.2) is 0 Å². The van der Waals surface area contributed by atoms with E-state index in [2.05, 4.69) is 37.2 Å². The molecule has 1 aromatic carbocycles. The average molecular weight is 337 g/mol. The molecule has 0 spiro atoms. The van der Waals surface area contributed by atoms with E-state index < -0.39 is 5.60 Å². The van der Waals surface area contributed by atoms with Crippen LogP contribution in [-0.2, 0) is 0 Å². The monoisotopic (exact) mass is 335 g/mol. The van der Waals surface area contributed by atoms with Gasteiger partial charge in [-0.05, 0) is 57.3 Å². The third-order valence-corrected chi connectivity index (χ3v) is 3.69. The minimum atomic E-state index is -0.672. The van der Waals surface area contributed by atoms with Crippen LogP contribution in [0, 0.1) is 0 Å². The van der Waals surface area contributed by atoms with Crippen molar-refractivity contribution in [1.82, 2.24) is 0 Å². The number of hydrogen-bond acceptors (Lipinski definition) is 2. The minimum Gasteiger partial charge on any atom is -0.388 e. The van der Waals surface area contributed by atoms with Crippen LogP contribution in [0.25, 0.3) is 0 Å². The van der Waals surface area contributed by atoms with Crippen molar-refractivity contribution in [3.05, 3.63) is 27.1 Å². The van der Waals surface area contributed by atoms with E-state index in [0.29, 0.717) is 6.54 Å². The maximum absolute atomic E-state index is 9.87. The van der Waals surface area contributed by atoms with Crippen LogP contribution in [0.5, 0.6) is 0 Å². The fourth-order valence-electron chi connectivity index (χ4n) is 1.07. The first-order chi connectivity index (χ1) is 6.96. The number of anilines is 1. The molecule has 15 heavy (non-hydrogen) atoms. The molecule has 1 unspecified atom stereocenters. The summed E-state index contributed by atoms with van der Waals surface area (Å²) in [6, 6.07) is 5.89. The molecule has 0 bridgehead atoms. The maximum Gasteiger partial charge on any atom is 0.0788 e. The van der Waals surface area contributed by atoms with Crippen molar-refractivity contribution in [2.75, 3.05) is 11.9 Å². The molecule has 0 radical (unpaired) electrons. The molecular weight excluding hydrogens is 322 g/mol. The number of benzene rings is 1.